The molecule has 1 aromatic carbocycles. The second-order valence-electron chi connectivity index (χ2n) is 6.55. The van der Waals surface area contributed by atoms with E-state index < -0.39 is 0 Å². The van der Waals surface area contributed by atoms with Crippen LogP contribution in [-0.2, 0) is 0 Å². The summed E-state index contributed by atoms with van der Waals surface area (Å²) in [5.41, 5.74) is 1.40. The van der Waals surface area contributed by atoms with Gasteiger partial charge in [-0.2, -0.15) is 0 Å². The maximum Gasteiger partial charge on any atom is 0.257 e. The zero-order chi connectivity index (χ0) is 16.8. The molecule has 128 valence electrons. The van der Waals surface area contributed by atoms with Gasteiger partial charge in [0.05, 0.1) is 12.7 Å². The molecule has 2 heterocycles. The van der Waals surface area contributed by atoms with Crippen molar-refractivity contribution in [3.05, 3.63) is 54.2 Å². The molecule has 3 rings (SSSR count). The fraction of sp³-hybridized carbons (Fsp3) is 0.450. The lowest BCUT2D eigenvalue weighted by Crippen LogP contribution is -2.38. The van der Waals surface area contributed by atoms with Gasteiger partial charge in [0.2, 0.25) is 0 Å². The minimum atomic E-state index is 0.0793. The van der Waals surface area contributed by atoms with Crippen LogP contribution in [0.4, 0.5) is 0 Å². The number of pyridine rings is 1. The Kier molecular flexibility index (Phi) is 5.70. The molecule has 0 saturated carbocycles. The fourth-order valence-corrected chi connectivity index (χ4v) is 3.23. The fourth-order valence-electron chi connectivity index (χ4n) is 3.23. The molecule has 1 aliphatic rings. The second-order valence-corrected chi connectivity index (χ2v) is 6.55. The molecule has 2 aromatic rings. The molecule has 2 atom stereocenters. The number of nitrogens with zero attached hydrogens (tertiary/aromatic N) is 1. The first-order chi connectivity index (χ1) is 11.7. The van der Waals surface area contributed by atoms with Crippen LogP contribution < -0.4 is 14.8 Å². The summed E-state index contributed by atoms with van der Waals surface area (Å²) < 4.78 is 11.8. The van der Waals surface area contributed by atoms with Crippen LogP contribution >= 0.6 is 0 Å². The molecule has 0 radical (unpaired) electrons. The van der Waals surface area contributed by atoms with Gasteiger partial charge in [-0.3, -0.25) is 0 Å². The number of rotatable bonds is 6. The smallest absolute Gasteiger partial charge is 0.257 e. The van der Waals surface area contributed by atoms with E-state index in [1.165, 1.54) is 5.56 Å². The Labute approximate surface area is 144 Å². The molecular weight excluding hydrogens is 300 g/mol. The van der Waals surface area contributed by atoms with E-state index in [0.717, 1.165) is 25.3 Å². The molecule has 2 unspecified atom stereocenters. The van der Waals surface area contributed by atoms with Gasteiger partial charge < -0.3 is 14.8 Å². The summed E-state index contributed by atoms with van der Waals surface area (Å²) in [6.45, 7) is 6.68. The summed E-state index contributed by atoms with van der Waals surface area (Å²) in [4.78, 5) is 4.30. The number of piperidine rings is 1. The molecule has 0 amide bonds. The van der Waals surface area contributed by atoms with Crippen LogP contribution in [0.5, 0.6) is 11.6 Å². The Morgan fingerprint density at radius 2 is 2.00 bits per heavy atom. The normalized spacial score (nSPS) is 20.8. The van der Waals surface area contributed by atoms with Crippen LogP contribution in [0.3, 0.4) is 0 Å². The van der Waals surface area contributed by atoms with Gasteiger partial charge in [-0.1, -0.05) is 30.3 Å². The molecule has 1 aromatic heterocycles. The van der Waals surface area contributed by atoms with E-state index in [1.807, 2.05) is 26.0 Å². The van der Waals surface area contributed by atoms with Gasteiger partial charge in [0.1, 0.15) is 0 Å². The Bertz CT molecular complexity index is 631. The number of benzene rings is 1. The van der Waals surface area contributed by atoms with Gasteiger partial charge in [-0.05, 0) is 50.4 Å². The van der Waals surface area contributed by atoms with Crippen molar-refractivity contribution in [2.24, 2.45) is 5.92 Å². The predicted octanol–water partition coefficient (Wildman–Crippen LogP) is 3.64. The molecular formula is C20H26N2O2. The lowest BCUT2D eigenvalue weighted by molar-refractivity contribution is 0.175. The van der Waals surface area contributed by atoms with Crippen LogP contribution in [0.25, 0.3) is 0 Å². The zero-order valence-corrected chi connectivity index (χ0v) is 14.4. The molecule has 0 bridgehead atoms. The van der Waals surface area contributed by atoms with Crippen LogP contribution in [0.2, 0.25) is 0 Å². The number of aromatic nitrogens is 1. The zero-order valence-electron chi connectivity index (χ0n) is 14.4. The molecule has 24 heavy (non-hydrogen) atoms. The Morgan fingerprint density at radius 3 is 2.79 bits per heavy atom. The van der Waals surface area contributed by atoms with Crippen molar-refractivity contribution in [2.75, 3.05) is 19.7 Å². The average molecular weight is 326 g/mol. The molecule has 4 heteroatoms. The number of hydrogen-bond donors (Lipinski definition) is 1. The quantitative estimate of drug-likeness (QED) is 0.880. The van der Waals surface area contributed by atoms with Gasteiger partial charge in [-0.15, -0.1) is 0 Å². The van der Waals surface area contributed by atoms with Crippen LogP contribution in [0, 0.1) is 5.92 Å². The van der Waals surface area contributed by atoms with Crippen molar-refractivity contribution in [1.82, 2.24) is 10.3 Å². The van der Waals surface area contributed by atoms with E-state index >= 15 is 0 Å². The first-order valence-electron chi connectivity index (χ1n) is 8.74. The largest absolute Gasteiger partial charge is 0.488 e. The number of hydrogen-bond acceptors (Lipinski definition) is 4. The van der Waals surface area contributed by atoms with E-state index in [-0.39, 0.29) is 6.10 Å². The topological polar surface area (TPSA) is 43.4 Å². The van der Waals surface area contributed by atoms with Crippen LogP contribution in [0.15, 0.2) is 48.7 Å². The van der Waals surface area contributed by atoms with Crippen molar-refractivity contribution < 1.29 is 9.47 Å². The van der Waals surface area contributed by atoms with Crippen molar-refractivity contribution in [2.45, 2.75) is 32.3 Å². The third-order valence-corrected chi connectivity index (χ3v) is 4.37. The van der Waals surface area contributed by atoms with E-state index in [9.17, 15) is 0 Å². The van der Waals surface area contributed by atoms with Crippen molar-refractivity contribution >= 4 is 0 Å². The summed E-state index contributed by atoms with van der Waals surface area (Å²) in [5.74, 6) is 2.27. The van der Waals surface area contributed by atoms with E-state index in [4.69, 9.17) is 9.47 Å². The number of ether oxygens (including phenoxy) is 2. The highest BCUT2D eigenvalue weighted by molar-refractivity contribution is 5.32. The standard InChI is InChI=1S/C20H26N2O2/c1-15(2)24-20-19(9-6-11-22-20)23-14-17-13-21-12-10-18(17)16-7-4-3-5-8-16/h3-9,11,15,17-18,21H,10,12-14H2,1-2H3. The van der Waals surface area contributed by atoms with Gasteiger partial charge in [0.15, 0.2) is 5.75 Å². The highest BCUT2D eigenvalue weighted by atomic mass is 16.5. The van der Waals surface area contributed by atoms with Crippen molar-refractivity contribution in [1.29, 1.82) is 0 Å². The Balaban J connectivity index is 1.69. The van der Waals surface area contributed by atoms with Crippen LogP contribution in [-0.4, -0.2) is 30.8 Å². The van der Waals surface area contributed by atoms with Gasteiger partial charge in [-0.25, -0.2) is 4.98 Å². The van der Waals surface area contributed by atoms with E-state index in [1.54, 1.807) is 6.20 Å². The highest BCUT2D eigenvalue weighted by Gasteiger charge is 2.27. The molecule has 1 N–H and O–H groups in total. The maximum atomic E-state index is 6.10. The monoisotopic (exact) mass is 326 g/mol. The third kappa shape index (κ3) is 4.26. The first-order valence-corrected chi connectivity index (χ1v) is 8.74. The maximum absolute atomic E-state index is 6.10. The summed E-state index contributed by atoms with van der Waals surface area (Å²) >= 11 is 0. The van der Waals surface area contributed by atoms with Gasteiger partial charge >= 0.3 is 0 Å². The molecule has 0 aliphatic carbocycles. The Hall–Kier alpha value is -2.07. The third-order valence-electron chi connectivity index (χ3n) is 4.37. The van der Waals surface area contributed by atoms with Crippen LogP contribution in [0.1, 0.15) is 31.7 Å². The summed E-state index contributed by atoms with van der Waals surface area (Å²) in [6, 6.07) is 14.6. The molecule has 1 aliphatic heterocycles. The second kappa shape index (κ2) is 8.15. The van der Waals surface area contributed by atoms with Crippen molar-refractivity contribution in [3.8, 4) is 11.6 Å². The van der Waals surface area contributed by atoms with E-state index in [0.29, 0.717) is 24.3 Å². The Morgan fingerprint density at radius 1 is 1.17 bits per heavy atom. The molecule has 4 nitrogen and oxygen atoms in total. The van der Waals surface area contributed by atoms with Gasteiger partial charge in [0, 0.05) is 18.7 Å². The lowest BCUT2D eigenvalue weighted by atomic mass is 9.81. The highest BCUT2D eigenvalue weighted by Crippen LogP contribution is 2.32. The van der Waals surface area contributed by atoms with E-state index in [2.05, 4.69) is 40.6 Å². The first kappa shape index (κ1) is 16.8. The number of nitrogens with one attached hydrogen (secondary N) is 1. The minimum absolute atomic E-state index is 0.0793. The summed E-state index contributed by atoms with van der Waals surface area (Å²) in [6.07, 6.45) is 2.95. The van der Waals surface area contributed by atoms with Gasteiger partial charge in [0.25, 0.3) is 5.88 Å². The summed E-state index contributed by atoms with van der Waals surface area (Å²) in [5, 5.41) is 3.49. The average Bonchev–Trinajstić information content (AvgIpc) is 2.61. The molecule has 1 saturated heterocycles. The molecule has 1 fully saturated rings. The predicted molar refractivity (Wildman–Crippen MR) is 95.7 cm³/mol. The SMILES string of the molecule is CC(C)Oc1ncccc1OCC1CNCCC1c1ccccc1. The minimum Gasteiger partial charge on any atom is -0.488 e. The summed E-state index contributed by atoms with van der Waals surface area (Å²) in [7, 11) is 0. The van der Waals surface area contributed by atoms with Crippen molar-refractivity contribution in [3.63, 3.8) is 0 Å². The molecule has 0 spiro atoms. The lowest BCUT2D eigenvalue weighted by Gasteiger charge is -2.32.